The molecular weight excluding hydrogens is 248 g/mol. The number of nitrogens with zero attached hydrogens (tertiary/aromatic N) is 2. The van der Waals surface area contributed by atoms with E-state index in [4.69, 9.17) is 10.00 Å². The van der Waals surface area contributed by atoms with E-state index in [0.29, 0.717) is 5.92 Å². The molecule has 0 radical (unpaired) electrons. The first-order valence-electron chi connectivity index (χ1n) is 6.76. The summed E-state index contributed by atoms with van der Waals surface area (Å²) in [6, 6.07) is 20.5. The molecule has 0 aliphatic carbocycles. The minimum Gasteiger partial charge on any atom is -0.479 e. The summed E-state index contributed by atoms with van der Waals surface area (Å²) in [5.74, 6) is 1.37. The van der Waals surface area contributed by atoms with E-state index >= 15 is 0 Å². The maximum Gasteiger partial charge on any atom is 0.174 e. The van der Waals surface area contributed by atoms with E-state index in [1.165, 1.54) is 5.56 Å². The maximum absolute atomic E-state index is 8.54. The van der Waals surface area contributed by atoms with Crippen LogP contribution in [0, 0.1) is 11.3 Å². The van der Waals surface area contributed by atoms with E-state index < -0.39 is 0 Å². The zero-order chi connectivity index (χ0) is 13.8. The second-order valence-electron chi connectivity index (χ2n) is 4.96. The van der Waals surface area contributed by atoms with Crippen LogP contribution in [0.3, 0.4) is 0 Å². The van der Waals surface area contributed by atoms with Gasteiger partial charge in [-0.25, -0.2) is 0 Å². The summed E-state index contributed by atoms with van der Waals surface area (Å²) >= 11 is 0. The Kier molecular flexibility index (Phi) is 3.56. The van der Waals surface area contributed by atoms with Gasteiger partial charge < -0.3 is 9.64 Å². The second-order valence-corrected chi connectivity index (χ2v) is 4.96. The first-order valence-corrected chi connectivity index (χ1v) is 6.76. The molecular formula is C17H16N2O. The van der Waals surface area contributed by atoms with Gasteiger partial charge in [-0.15, -0.1) is 0 Å². The monoisotopic (exact) mass is 264 g/mol. The fraction of sp³-hybridized carbons (Fsp3) is 0.235. The fourth-order valence-corrected chi connectivity index (χ4v) is 2.51. The van der Waals surface area contributed by atoms with E-state index in [0.717, 1.165) is 24.5 Å². The predicted octanol–water partition coefficient (Wildman–Crippen LogP) is 3.19. The lowest BCUT2D eigenvalue weighted by Crippen LogP contribution is -2.45. The molecule has 0 aromatic heterocycles. The van der Waals surface area contributed by atoms with Crippen molar-refractivity contribution < 1.29 is 4.74 Å². The third-order valence-electron chi connectivity index (χ3n) is 3.64. The molecule has 100 valence electrons. The van der Waals surface area contributed by atoms with Crippen molar-refractivity contribution in [2.75, 3.05) is 24.6 Å². The van der Waals surface area contributed by atoms with Crippen LogP contribution in [0.1, 0.15) is 11.5 Å². The third-order valence-corrected chi connectivity index (χ3v) is 3.64. The Morgan fingerprint density at radius 1 is 1.10 bits per heavy atom. The van der Waals surface area contributed by atoms with E-state index in [1.54, 1.807) is 0 Å². The molecule has 1 aliphatic heterocycles. The number of rotatable bonds is 4. The van der Waals surface area contributed by atoms with Crippen LogP contribution in [0.2, 0.25) is 0 Å². The number of hydrogen-bond acceptors (Lipinski definition) is 3. The highest BCUT2D eigenvalue weighted by Crippen LogP contribution is 2.32. The minimum absolute atomic E-state index is 0.0933. The van der Waals surface area contributed by atoms with E-state index in [9.17, 15) is 0 Å². The van der Waals surface area contributed by atoms with Crippen molar-refractivity contribution in [3.63, 3.8) is 0 Å². The van der Waals surface area contributed by atoms with Gasteiger partial charge in [0, 0.05) is 30.8 Å². The average Bonchev–Trinajstić information content (AvgIpc) is 2.45. The second kappa shape index (κ2) is 5.66. The van der Waals surface area contributed by atoms with Gasteiger partial charge in [-0.1, -0.05) is 36.4 Å². The zero-order valence-corrected chi connectivity index (χ0v) is 11.2. The van der Waals surface area contributed by atoms with Crippen molar-refractivity contribution in [3.05, 3.63) is 60.2 Å². The molecule has 2 aromatic rings. The first-order chi connectivity index (χ1) is 9.86. The van der Waals surface area contributed by atoms with E-state index in [2.05, 4.69) is 41.3 Å². The molecule has 20 heavy (non-hydrogen) atoms. The number of nitriles is 1. The summed E-state index contributed by atoms with van der Waals surface area (Å²) in [5.41, 5.74) is 2.56. The van der Waals surface area contributed by atoms with Gasteiger partial charge >= 0.3 is 0 Å². The van der Waals surface area contributed by atoms with Gasteiger partial charge in [-0.2, -0.15) is 5.26 Å². The van der Waals surface area contributed by atoms with Gasteiger partial charge in [0.25, 0.3) is 0 Å². The molecule has 0 unspecified atom stereocenters. The van der Waals surface area contributed by atoms with Gasteiger partial charge in [0.1, 0.15) is 11.8 Å². The van der Waals surface area contributed by atoms with E-state index in [1.807, 2.05) is 24.3 Å². The van der Waals surface area contributed by atoms with Crippen LogP contribution in [-0.2, 0) is 0 Å². The number of ether oxygens (including phenoxy) is 1. The molecule has 1 heterocycles. The van der Waals surface area contributed by atoms with Crippen LogP contribution >= 0.6 is 0 Å². The highest BCUT2D eigenvalue weighted by atomic mass is 16.5. The van der Waals surface area contributed by atoms with Crippen molar-refractivity contribution in [2.24, 2.45) is 0 Å². The molecule has 3 rings (SSSR count). The van der Waals surface area contributed by atoms with Gasteiger partial charge in [0.2, 0.25) is 0 Å². The van der Waals surface area contributed by atoms with Crippen molar-refractivity contribution in [2.45, 2.75) is 5.92 Å². The summed E-state index contributed by atoms with van der Waals surface area (Å²) in [6.45, 7) is 2.16. The maximum atomic E-state index is 8.54. The quantitative estimate of drug-likeness (QED) is 0.851. The molecule has 0 saturated carbocycles. The Morgan fingerprint density at radius 3 is 2.65 bits per heavy atom. The molecule has 3 nitrogen and oxygen atoms in total. The smallest absolute Gasteiger partial charge is 0.174 e. The highest BCUT2D eigenvalue weighted by molar-refractivity contribution is 5.54. The molecule has 2 aromatic carbocycles. The fourth-order valence-electron chi connectivity index (χ4n) is 2.51. The number of anilines is 1. The average molecular weight is 264 g/mol. The van der Waals surface area contributed by atoms with Crippen molar-refractivity contribution >= 4 is 5.69 Å². The number of benzene rings is 2. The SMILES string of the molecule is N#CCOc1cccc(N2CC(c3ccccc3)C2)c1. The predicted molar refractivity (Wildman–Crippen MR) is 78.9 cm³/mol. The Balaban J connectivity index is 1.64. The lowest BCUT2D eigenvalue weighted by molar-refractivity contribution is 0.368. The summed E-state index contributed by atoms with van der Waals surface area (Å²) < 4.78 is 5.34. The first kappa shape index (κ1) is 12.6. The topological polar surface area (TPSA) is 36.3 Å². The molecule has 1 saturated heterocycles. The van der Waals surface area contributed by atoms with Crippen molar-refractivity contribution in [3.8, 4) is 11.8 Å². The summed E-state index contributed by atoms with van der Waals surface area (Å²) in [4.78, 5) is 2.33. The normalized spacial score (nSPS) is 14.4. The molecule has 0 spiro atoms. The van der Waals surface area contributed by atoms with Gasteiger partial charge in [0.05, 0.1) is 0 Å². The molecule has 1 aliphatic rings. The largest absolute Gasteiger partial charge is 0.479 e. The summed E-state index contributed by atoms with van der Waals surface area (Å²) in [5, 5.41) is 8.54. The Bertz CT molecular complexity index is 612. The third kappa shape index (κ3) is 2.60. The lowest BCUT2D eigenvalue weighted by Gasteiger charge is -2.41. The molecule has 1 fully saturated rings. The highest BCUT2D eigenvalue weighted by Gasteiger charge is 2.28. The van der Waals surface area contributed by atoms with Crippen LogP contribution in [0.4, 0.5) is 5.69 Å². The molecule has 0 bridgehead atoms. The zero-order valence-electron chi connectivity index (χ0n) is 11.2. The number of hydrogen-bond donors (Lipinski definition) is 0. The standard InChI is InChI=1S/C17H16N2O/c18-9-10-20-17-8-4-7-16(11-17)19-12-15(13-19)14-5-2-1-3-6-14/h1-8,11,15H,10,12-13H2. The Morgan fingerprint density at radius 2 is 1.90 bits per heavy atom. The molecule has 0 atom stereocenters. The van der Waals surface area contributed by atoms with Crippen molar-refractivity contribution in [1.82, 2.24) is 0 Å². The van der Waals surface area contributed by atoms with Gasteiger partial charge in [-0.05, 0) is 17.7 Å². The summed E-state index contributed by atoms with van der Waals surface area (Å²) in [7, 11) is 0. The van der Waals surface area contributed by atoms with Gasteiger partial charge in [-0.3, -0.25) is 0 Å². The molecule has 0 amide bonds. The lowest BCUT2D eigenvalue weighted by atomic mass is 9.91. The van der Waals surface area contributed by atoms with Crippen LogP contribution in [-0.4, -0.2) is 19.7 Å². The van der Waals surface area contributed by atoms with Crippen LogP contribution < -0.4 is 9.64 Å². The summed E-state index contributed by atoms with van der Waals surface area (Å²) in [6.07, 6.45) is 0. The van der Waals surface area contributed by atoms with Crippen LogP contribution in [0.25, 0.3) is 0 Å². The Hall–Kier alpha value is -2.47. The molecule has 3 heteroatoms. The van der Waals surface area contributed by atoms with Crippen LogP contribution in [0.5, 0.6) is 5.75 Å². The van der Waals surface area contributed by atoms with Crippen LogP contribution in [0.15, 0.2) is 54.6 Å². The molecule has 0 N–H and O–H groups in total. The van der Waals surface area contributed by atoms with Gasteiger partial charge in [0.15, 0.2) is 6.61 Å². The minimum atomic E-state index is 0.0933. The Labute approximate surface area is 119 Å². The van der Waals surface area contributed by atoms with E-state index in [-0.39, 0.29) is 6.61 Å². The van der Waals surface area contributed by atoms with Crippen molar-refractivity contribution in [1.29, 1.82) is 5.26 Å².